The van der Waals surface area contributed by atoms with E-state index in [1.807, 2.05) is 0 Å². The zero-order chi connectivity index (χ0) is 66.6. The van der Waals surface area contributed by atoms with Gasteiger partial charge in [0.25, 0.3) is 0 Å². The molecule has 0 rings (SSSR count). The Balaban J connectivity index is 5.24. The van der Waals surface area contributed by atoms with Gasteiger partial charge in [0, 0.05) is 25.7 Å². The molecule has 5 atom stereocenters. The number of hydrogen-bond donors (Lipinski definition) is 3. The highest BCUT2D eigenvalue weighted by atomic mass is 31.2. The first kappa shape index (κ1) is 88.1. The van der Waals surface area contributed by atoms with E-state index in [1.54, 1.807) is 0 Å². The van der Waals surface area contributed by atoms with Gasteiger partial charge in [-0.25, -0.2) is 9.13 Å². The minimum Gasteiger partial charge on any atom is -0.462 e. The van der Waals surface area contributed by atoms with E-state index in [1.165, 1.54) is 161 Å². The van der Waals surface area contributed by atoms with E-state index in [4.69, 9.17) is 37.0 Å². The molecule has 0 aromatic rings. The van der Waals surface area contributed by atoms with Crippen LogP contribution in [0.15, 0.2) is 0 Å². The highest BCUT2D eigenvalue weighted by Gasteiger charge is 2.30. The Morgan fingerprint density at radius 1 is 0.300 bits per heavy atom. The summed E-state index contributed by atoms with van der Waals surface area (Å²) in [7, 11) is -9.90. The molecule has 0 aromatic heterocycles. The minimum absolute atomic E-state index is 0.103. The third-order valence-electron chi connectivity index (χ3n) is 16.4. The van der Waals surface area contributed by atoms with E-state index in [2.05, 4.69) is 48.5 Å². The summed E-state index contributed by atoms with van der Waals surface area (Å²) in [5.41, 5.74) is 0. The number of unbranched alkanes of at least 4 members (excludes halogenated alkanes) is 37. The van der Waals surface area contributed by atoms with Crippen molar-refractivity contribution in [2.24, 2.45) is 17.8 Å². The van der Waals surface area contributed by atoms with Gasteiger partial charge in [-0.15, -0.1) is 0 Å². The molecule has 0 bridgehead atoms. The molecule has 0 heterocycles. The first-order valence-corrected chi connectivity index (χ1v) is 39.8. The first-order valence-electron chi connectivity index (χ1n) is 36.8. The van der Waals surface area contributed by atoms with Crippen LogP contribution in [0.5, 0.6) is 0 Å². The second kappa shape index (κ2) is 61.9. The van der Waals surface area contributed by atoms with Crippen molar-refractivity contribution in [3.05, 3.63) is 0 Å². The third-order valence-corrected chi connectivity index (χ3v) is 18.3. The Kier molecular flexibility index (Phi) is 60.6. The maximum atomic E-state index is 13.0. The van der Waals surface area contributed by atoms with Crippen LogP contribution in [0.2, 0.25) is 0 Å². The molecule has 0 aliphatic rings. The van der Waals surface area contributed by atoms with Crippen LogP contribution in [0.3, 0.4) is 0 Å². The molecular formula is C71H138O17P2. The lowest BCUT2D eigenvalue weighted by Gasteiger charge is -2.21. The maximum Gasteiger partial charge on any atom is 0.472 e. The van der Waals surface area contributed by atoms with Crippen LogP contribution in [-0.4, -0.2) is 96.7 Å². The van der Waals surface area contributed by atoms with Gasteiger partial charge in [-0.05, 0) is 43.4 Å². The molecule has 0 aliphatic carbocycles. The predicted octanol–water partition coefficient (Wildman–Crippen LogP) is 20.2. The summed E-state index contributed by atoms with van der Waals surface area (Å²) >= 11 is 0. The Morgan fingerprint density at radius 2 is 0.511 bits per heavy atom. The summed E-state index contributed by atoms with van der Waals surface area (Å²) in [4.78, 5) is 72.5. The summed E-state index contributed by atoms with van der Waals surface area (Å²) in [6.07, 6.45) is 46.0. The molecule has 0 saturated carbocycles. The second-order valence-corrected chi connectivity index (χ2v) is 30.0. The molecule has 2 unspecified atom stereocenters. The van der Waals surface area contributed by atoms with Crippen molar-refractivity contribution >= 4 is 39.5 Å². The van der Waals surface area contributed by atoms with Crippen LogP contribution in [0, 0.1) is 17.8 Å². The molecular weight excluding hydrogens is 1190 g/mol. The van der Waals surface area contributed by atoms with Crippen LogP contribution < -0.4 is 0 Å². The fourth-order valence-electron chi connectivity index (χ4n) is 10.7. The van der Waals surface area contributed by atoms with Crippen molar-refractivity contribution in [2.75, 3.05) is 39.6 Å². The van der Waals surface area contributed by atoms with Crippen molar-refractivity contribution in [1.82, 2.24) is 0 Å². The number of hydrogen-bond acceptors (Lipinski definition) is 15. The Bertz CT molecular complexity index is 1770. The van der Waals surface area contributed by atoms with E-state index < -0.39 is 97.5 Å². The molecule has 19 heteroatoms. The van der Waals surface area contributed by atoms with Gasteiger partial charge < -0.3 is 33.8 Å². The lowest BCUT2D eigenvalue weighted by Crippen LogP contribution is -2.30. The quantitative estimate of drug-likeness (QED) is 0.0222. The van der Waals surface area contributed by atoms with E-state index >= 15 is 0 Å². The monoisotopic (exact) mass is 1320 g/mol. The summed E-state index contributed by atoms with van der Waals surface area (Å²) in [6, 6.07) is 0. The molecule has 0 aromatic carbocycles. The van der Waals surface area contributed by atoms with E-state index in [-0.39, 0.29) is 25.7 Å². The van der Waals surface area contributed by atoms with Crippen LogP contribution in [0.4, 0.5) is 0 Å². The van der Waals surface area contributed by atoms with E-state index in [9.17, 15) is 43.2 Å². The normalized spacial score (nSPS) is 14.2. The fraction of sp³-hybridized carbons (Fsp3) is 0.944. The number of carbonyl (C=O) groups is 4. The second-order valence-electron chi connectivity index (χ2n) is 27.1. The molecule has 90 heavy (non-hydrogen) atoms. The zero-order valence-corrected chi connectivity index (χ0v) is 60.4. The number of aliphatic hydroxyl groups excluding tert-OH is 1. The van der Waals surface area contributed by atoms with Crippen molar-refractivity contribution in [3.8, 4) is 0 Å². The van der Waals surface area contributed by atoms with Gasteiger partial charge >= 0.3 is 39.5 Å². The van der Waals surface area contributed by atoms with Crippen LogP contribution >= 0.6 is 15.6 Å². The van der Waals surface area contributed by atoms with Gasteiger partial charge in [0.05, 0.1) is 26.4 Å². The van der Waals surface area contributed by atoms with Crippen LogP contribution in [0.1, 0.15) is 357 Å². The van der Waals surface area contributed by atoms with Gasteiger partial charge in [0.2, 0.25) is 0 Å². The highest BCUT2D eigenvalue weighted by Crippen LogP contribution is 2.45. The number of phosphoric acid groups is 2. The minimum atomic E-state index is -4.95. The number of phosphoric ester groups is 2. The van der Waals surface area contributed by atoms with Crippen LogP contribution in [0.25, 0.3) is 0 Å². The first-order chi connectivity index (χ1) is 43.2. The predicted molar refractivity (Wildman–Crippen MR) is 363 cm³/mol. The number of aliphatic hydroxyl groups is 1. The Hall–Kier alpha value is -1.94. The number of carbonyl (C=O) groups excluding carboxylic acids is 4. The SMILES string of the molecule is CCCCCCCCCCCCCCCCCCC(=O)O[C@H](COC(=O)CCCCCCCCCCCCCC(C)C)COP(=O)(O)OC[C@@H](O)COP(=O)(O)OC[C@@H](COC(=O)CCCCCCCCC(C)C)OC(=O)CCCCCCCCCCC(C)C. The molecule has 0 radical (unpaired) electrons. The number of esters is 4. The summed E-state index contributed by atoms with van der Waals surface area (Å²) in [5, 5.41) is 10.6. The molecule has 0 amide bonds. The van der Waals surface area contributed by atoms with Crippen LogP contribution in [-0.2, 0) is 65.4 Å². The summed E-state index contributed by atoms with van der Waals surface area (Å²) in [5.74, 6) is 0.0413. The molecule has 17 nitrogen and oxygen atoms in total. The maximum absolute atomic E-state index is 13.0. The van der Waals surface area contributed by atoms with Gasteiger partial charge in [0.15, 0.2) is 12.2 Å². The van der Waals surface area contributed by atoms with Crippen molar-refractivity contribution in [1.29, 1.82) is 0 Å². The molecule has 0 aliphatic heterocycles. The molecule has 0 fully saturated rings. The van der Waals surface area contributed by atoms with Gasteiger partial charge in [-0.2, -0.15) is 0 Å². The standard InChI is InChI=1S/C71H138O17P2/c1-8-9-10-11-12-13-14-15-16-17-18-21-25-31-40-47-54-70(75)87-66(58-81-68(73)52-45-38-30-24-22-19-20-23-28-35-42-49-62(2)3)60-85-89(77,78)83-56-65(72)57-84-90(79,80)86-61-67(59-82-69(74)53-46-39-34-33-37-44-51-64(6)7)88-71(76)55-48-41-32-27-26-29-36-43-50-63(4)5/h62-67,72H,8-61H2,1-7H3,(H,77,78)(H,79,80)/t65-,66-,67-/m1/s1. The van der Waals surface area contributed by atoms with Gasteiger partial charge in [-0.3, -0.25) is 37.3 Å². The Morgan fingerprint density at radius 3 is 0.756 bits per heavy atom. The molecule has 0 spiro atoms. The molecule has 0 saturated heterocycles. The lowest BCUT2D eigenvalue weighted by molar-refractivity contribution is -0.161. The van der Waals surface area contributed by atoms with E-state index in [0.29, 0.717) is 31.6 Å². The van der Waals surface area contributed by atoms with Gasteiger partial charge in [0.1, 0.15) is 19.3 Å². The summed E-state index contributed by atoms with van der Waals surface area (Å²) in [6.45, 7) is 11.7. The Labute approximate surface area is 549 Å². The van der Waals surface area contributed by atoms with Crippen molar-refractivity contribution in [3.63, 3.8) is 0 Å². The number of ether oxygens (including phenoxy) is 4. The molecule has 3 N–H and O–H groups in total. The zero-order valence-electron chi connectivity index (χ0n) is 58.6. The average molecular weight is 1330 g/mol. The number of rotatable bonds is 69. The fourth-order valence-corrected chi connectivity index (χ4v) is 12.3. The average Bonchev–Trinajstić information content (AvgIpc) is 3.70. The topological polar surface area (TPSA) is 237 Å². The largest absolute Gasteiger partial charge is 0.472 e. The lowest BCUT2D eigenvalue weighted by atomic mass is 10.0. The smallest absolute Gasteiger partial charge is 0.462 e. The third kappa shape index (κ3) is 64.8. The molecule has 534 valence electrons. The van der Waals surface area contributed by atoms with Crippen molar-refractivity contribution < 1.29 is 80.2 Å². The van der Waals surface area contributed by atoms with Crippen molar-refractivity contribution in [2.45, 2.75) is 375 Å². The van der Waals surface area contributed by atoms with E-state index in [0.717, 1.165) is 108 Å². The van der Waals surface area contributed by atoms with Gasteiger partial charge in [-0.1, -0.05) is 305 Å². The highest BCUT2D eigenvalue weighted by molar-refractivity contribution is 7.47. The summed E-state index contributed by atoms with van der Waals surface area (Å²) < 4.78 is 68.3.